The number of hydrogen-bond acceptors (Lipinski definition) is 8. The Morgan fingerprint density at radius 3 is 2.66 bits per heavy atom. The molecule has 1 N–H and O–H groups in total. The lowest BCUT2D eigenvalue weighted by atomic mass is 10.1. The smallest absolute Gasteiger partial charge is 0.262 e. The molecule has 3 aromatic rings. The van der Waals surface area contributed by atoms with Crippen LogP contribution in [0.4, 0.5) is 15.9 Å². The predicted molar refractivity (Wildman–Crippen MR) is 127 cm³/mol. The van der Waals surface area contributed by atoms with Gasteiger partial charge in [-0.1, -0.05) is 6.07 Å². The van der Waals surface area contributed by atoms with Crippen molar-refractivity contribution in [1.82, 2.24) is 19.7 Å². The van der Waals surface area contributed by atoms with Gasteiger partial charge in [0.05, 0.1) is 25.5 Å². The van der Waals surface area contributed by atoms with E-state index in [9.17, 15) is 14.4 Å². The number of hydrogen-bond donors (Lipinski definition) is 1. The van der Waals surface area contributed by atoms with E-state index >= 15 is 0 Å². The predicted octanol–water partition coefficient (Wildman–Crippen LogP) is 2.42. The van der Waals surface area contributed by atoms with Crippen molar-refractivity contribution < 1.29 is 18.7 Å². The molecule has 11 heteroatoms. The molecule has 1 fully saturated rings. The highest BCUT2D eigenvalue weighted by molar-refractivity contribution is 6.07. The van der Waals surface area contributed by atoms with Gasteiger partial charge >= 0.3 is 0 Å². The second kappa shape index (κ2) is 10.4. The van der Waals surface area contributed by atoms with Crippen molar-refractivity contribution in [2.75, 3.05) is 50.6 Å². The maximum atomic E-state index is 13.7. The highest BCUT2D eigenvalue weighted by Crippen LogP contribution is 2.28. The molecule has 10 nitrogen and oxygen atoms in total. The Labute approximate surface area is 202 Å². The number of aryl methyl sites for hydroxylation is 1. The van der Waals surface area contributed by atoms with Gasteiger partial charge in [-0.2, -0.15) is 5.26 Å². The van der Waals surface area contributed by atoms with Crippen molar-refractivity contribution in [1.29, 1.82) is 5.26 Å². The van der Waals surface area contributed by atoms with E-state index in [-0.39, 0.29) is 23.0 Å². The number of methoxy groups -OCH3 is 2. The summed E-state index contributed by atoms with van der Waals surface area (Å²) in [5.41, 5.74) is 2.03. The molecule has 0 saturated carbocycles. The molecule has 182 valence electrons. The number of aromatic nitrogens is 3. The van der Waals surface area contributed by atoms with E-state index < -0.39 is 5.91 Å². The largest absolute Gasteiger partial charge is 0.494 e. The van der Waals surface area contributed by atoms with Crippen LogP contribution < -0.4 is 19.7 Å². The fourth-order valence-corrected chi connectivity index (χ4v) is 4.01. The number of ether oxygens (including phenoxy) is 2. The van der Waals surface area contributed by atoms with Gasteiger partial charge in [-0.15, -0.1) is 5.10 Å². The van der Waals surface area contributed by atoms with E-state index in [4.69, 9.17) is 9.47 Å². The lowest BCUT2D eigenvalue weighted by Crippen LogP contribution is -2.46. The number of pyridine rings is 1. The summed E-state index contributed by atoms with van der Waals surface area (Å²) in [6.45, 7) is 3.47. The molecular formula is C24H26FN7O3. The first kappa shape index (κ1) is 24.0. The SMILES string of the molecule is COc1cc(CN2CCN(c3ncc(C#N)cc3NC(=O)c3cn(C)nc3OC)CC2)ccc1F. The van der Waals surface area contributed by atoms with Gasteiger partial charge in [-0.25, -0.2) is 9.37 Å². The molecule has 2 aromatic heterocycles. The molecule has 4 rings (SSSR count). The van der Waals surface area contributed by atoms with Gasteiger partial charge in [0.1, 0.15) is 11.6 Å². The lowest BCUT2D eigenvalue weighted by molar-refractivity contribution is 0.102. The van der Waals surface area contributed by atoms with Crippen molar-refractivity contribution in [2.45, 2.75) is 6.54 Å². The number of anilines is 2. The Kier molecular flexibility index (Phi) is 7.12. The molecule has 1 aromatic carbocycles. The third kappa shape index (κ3) is 5.33. The molecule has 0 unspecified atom stereocenters. The van der Waals surface area contributed by atoms with Gasteiger partial charge in [0.25, 0.3) is 5.91 Å². The first-order valence-corrected chi connectivity index (χ1v) is 11.0. The highest BCUT2D eigenvalue weighted by atomic mass is 19.1. The normalized spacial score (nSPS) is 13.9. The number of carbonyl (C=O) groups is 1. The van der Waals surface area contributed by atoms with Crippen LogP contribution in [0.15, 0.2) is 36.7 Å². The van der Waals surface area contributed by atoms with Gasteiger partial charge < -0.3 is 19.7 Å². The third-order valence-corrected chi connectivity index (χ3v) is 5.77. The first-order valence-electron chi connectivity index (χ1n) is 11.0. The number of carbonyl (C=O) groups excluding carboxylic acids is 1. The number of piperazine rings is 1. The van der Waals surface area contributed by atoms with Crippen LogP contribution >= 0.6 is 0 Å². The van der Waals surface area contributed by atoms with Crippen LogP contribution in [0.3, 0.4) is 0 Å². The molecule has 3 heterocycles. The van der Waals surface area contributed by atoms with E-state index in [1.807, 2.05) is 0 Å². The third-order valence-electron chi connectivity index (χ3n) is 5.77. The summed E-state index contributed by atoms with van der Waals surface area (Å²) in [6.07, 6.45) is 3.06. The molecule has 0 radical (unpaired) electrons. The summed E-state index contributed by atoms with van der Waals surface area (Å²) in [6, 6.07) is 8.56. The van der Waals surface area contributed by atoms with Gasteiger partial charge in [0.15, 0.2) is 17.4 Å². The molecule has 1 aliphatic heterocycles. The maximum Gasteiger partial charge on any atom is 0.262 e. The maximum absolute atomic E-state index is 13.7. The molecule has 35 heavy (non-hydrogen) atoms. The zero-order chi connectivity index (χ0) is 24.9. The minimum absolute atomic E-state index is 0.210. The summed E-state index contributed by atoms with van der Waals surface area (Å²) in [7, 11) is 4.60. The van der Waals surface area contributed by atoms with E-state index in [1.54, 1.807) is 31.4 Å². The average Bonchev–Trinajstić information content (AvgIpc) is 3.26. The number of benzene rings is 1. The van der Waals surface area contributed by atoms with Crippen LogP contribution in [-0.2, 0) is 13.6 Å². The number of rotatable bonds is 7. The summed E-state index contributed by atoms with van der Waals surface area (Å²) in [5.74, 6) is 0.238. The molecule has 0 bridgehead atoms. The van der Waals surface area contributed by atoms with Crippen molar-refractivity contribution in [2.24, 2.45) is 7.05 Å². The van der Waals surface area contributed by atoms with Crippen LogP contribution in [0.5, 0.6) is 11.6 Å². The van der Waals surface area contributed by atoms with Crippen LogP contribution in [0, 0.1) is 17.1 Å². The lowest BCUT2D eigenvalue weighted by Gasteiger charge is -2.36. The number of nitrogens with zero attached hydrogens (tertiary/aromatic N) is 6. The average molecular weight is 480 g/mol. The summed E-state index contributed by atoms with van der Waals surface area (Å²) in [5, 5.41) is 16.3. The molecule has 1 amide bonds. The van der Waals surface area contributed by atoms with Crippen LogP contribution in [0.2, 0.25) is 0 Å². The van der Waals surface area contributed by atoms with Crippen LogP contribution in [0.1, 0.15) is 21.5 Å². The van der Waals surface area contributed by atoms with Crippen molar-refractivity contribution in [3.05, 3.63) is 59.2 Å². The topological polar surface area (TPSA) is 109 Å². The zero-order valence-electron chi connectivity index (χ0n) is 19.8. The molecule has 0 aliphatic carbocycles. The van der Waals surface area contributed by atoms with Crippen molar-refractivity contribution in [3.63, 3.8) is 0 Å². The van der Waals surface area contributed by atoms with Crippen molar-refractivity contribution >= 4 is 17.4 Å². The molecule has 1 aliphatic rings. The Balaban J connectivity index is 1.47. The first-order chi connectivity index (χ1) is 16.9. The van der Waals surface area contributed by atoms with Crippen molar-refractivity contribution in [3.8, 4) is 17.7 Å². The number of nitriles is 1. The second-order valence-electron chi connectivity index (χ2n) is 8.12. The molecule has 0 atom stereocenters. The van der Waals surface area contributed by atoms with E-state index in [2.05, 4.69) is 31.3 Å². The van der Waals surface area contributed by atoms with Gasteiger partial charge in [-0.05, 0) is 23.8 Å². The number of amides is 1. The van der Waals surface area contributed by atoms with E-state index in [0.717, 1.165) is 18.7 Å². The quantitative estimate of drug-likeness (QED) is 0.551. The molecular weight excluding hydrogens is 453 g/mol. The summed E-state index contributed by atoms with van der Waals surface area (Å²) >= 11 is 0. The van der Waals surface area contributed by atoms with E-state index in [1.165, 1.54) is 31.2 Å². The summed E-state index contributed by atoms with van der Waals surface area (Å²) in [4.78, 5) is 21.7. The summed E-state index contributed by atoms with van der Waals surface area (Å²) < 4.78 is 25.5. The Morgan fingerprint density at radius 1 is 1.20 bits per heavy atom. The number of nitrogens with one attached hydrogen (secondary N) is 1. The zero-order valence-corrected chi connectivity index (χ0v) is 19.8. The Hall–Kier alpha value is -4.17. The monoisotopic (exact) mass is 479 g/mol. The standard InChI is InChI=1S/C24H26FN7O3/c1-30-15-18(24(29-30)35-3)23(33)28-20-10-17(12-26)13-27-22(20)32-8-6-31(7-9-32)14-16-4-5-19(25)21(11-16)34-2/h4-5,10-11,13,15H,6-9,14H2,1-3H3,(H,28,33). The fraction of sp³-hybridized carbons (Fsp3) is 0.333. The fourth-order valence-electron chi connectivity index (χ4n) is 4.01. The highest BCUT2D eigenvalue weighted by Gasteiger charge is 2.24. The Bertz CT molecular complexity index is 1260. The Morgan fingerprint density at radius 2 is 1.97 bits per heavy atom. The molecule has 1 saturated heterocycles. The van der Waals surface area contributed by atoms with Crippen LogP contribution in [0.25, 0.3) is 0 Å². The number of halogens is 1. The van der Waals surface area contributed by atoms with Gasteiger partial charge in [0.2, 0.25) is 5.88 Å². The minimum Gasteiger partial charge on any atom is -0.494 e. The van der Waals surface area contributed by atoms with Gasteiger partial charge in [-0.3, -0.25) is 14.4 Å². The molecule has 0 spiro atoms. The van der Waals surface area contributed by atoms with Crippen LogP contribution in [-0.4, -0.2) is 66.0 Å². The van der Waals surface area contributed by atoms with Gasteiger partial charge in [0, 0.05) is 52.2 Å². The minimum atomic E-state index is -0.406. The van der Waals surface area contributed by atoms with E-state index in [0.29, 0.717) is 36.7 Å². The second-order valence-corrected chi connectivity index (χ2v) is 8.12.